The quantitative estimate of drug-likeness (QED) is 0.761. The summed E-state index contributed by atoms with van der Waals surface area (Å²) in [7, 11) is 2.36. The highest BCUT2D eigenvalue weighted by atomic mass is 15.2. The molecule has 0 aromatic heterocycles. The van der Waals surface area contributed by atoms with Crippen LogP contribution in [0, 0.1) is 11.8 Å². The minimum Gasteiger partial charge on any atom is -0.315 e. The fourth-order valence-corrected chi connectivity index (χ4v) is 3.67. The lowest BCUT2D eigenvalue weighted by molar-refractivity contribution is 0.165. The van der Waals surface area contributed by atoms with E-state index in [1.165, 1.54) is 51.6 Å². The summed E-state index contributed by atoms with van der Waals surface area (Å²) < 4.78 is 0. The Morgan fingerprint density at radius 1 is 1.00 bits per heavy atom. The number of nitrogens with one attached hydrogen (secondary N) is 1. The van der Waals surface area contributed by atoms with Crippen molar-refractivity contribution in [2.75, 3.05) is 20.1 Å². The van der Waals surface area contributed by atoms with E-state index in [-0.39, 0.29) is 0 Å². The minimum absolute atomic E-state index is 0.801. The molecule has 1 aliphatic carbocycles. The molecule has 17 heavy (non-hydrogen) atoms. The average Bonchev–Trinajstić information content (AvgIpc) is 2.71. The van der Waals surface area contributed by atoms with E-state index in [2.05, 4.69) is 31.1 Å². The highest BCUT2D eigenvalue weighted by molar-refractivity contribution is 4.85. The van der Waals surface area contributed by atoms with Gasteiger partial charge in [0.05, 0.1) is 0 Å². The van der Waals surface area contributed by atoms with Crippen LogP contribution in [-0.4, -0.2) is 37.1 Å². The summed E-state index contributed by atoms with van der Waals surface area (Å²) in [5.41, 5.74) is 0. The first-order valence-corrected chi connectivity index (χ1v) is 7.61. The monoisotopic (exact) mass is 238 g/mol. The normalized spacial score (nSPS) is 35.5. The third-order valence-corrected chi connectivity index (χ3v) is 5.11. The van der Waals surface area contributed by atoms with Crippen LogP contribution in [0.5, 0.6) is 0 Å². The number of nitrogens with zero attached hydrogens (tertiary/aromatic N) is 1. The standard InChI is InChI=1S/C15H30N2/c1-12(2)13-5-4-6-14(8-7-13)17(3)15-9-10-16-11-15/h12-16H,4-11H2,1-3H3. The number of hydrogen-bond donors (Lipinski definition) is 1. The Morgan fingerprint density at radius 2 is 1.82 bits per heavy atom. The first kappa shape index (κ1) is 13.4. The highest BCUT2D eigenvalue weighted by Crippen LogP contribution is 2.31. The molecule has 100 valence electrons. The van der Waals surface area contributed by atoms with Gasteiger partial charge < -0.3 is 5.32 Å². The molecule has 1 saturated carbocycles. The van der Waals surface area contributed by atoms with Gasteiger partial charge in [-0.2, -0.15) is 0 Å². The van der Waals surface area contributed by atoms with E-state index < -0.39 is 0 Å². The Hall–Kier alpha value is -0.0800. The van der Waals surface area contributed by atoms with Crippen molar-refractivity contribution in [2.45, 2.75) is 64.5 Å². The van der Waals surface area contributed by atoms with Gasteiger partial charge in [0.15, 0.2) is 0 Å². The Balaban J connectivity index is 1.85. The molecule has 0 bridgehead atoms. The lowest BCUT2D eigenvalue weighted by Crippen LogP contribution is -2.41. The van der Waals surface area contributed by atoms with Crippen molar-refractivity contribution in [1.29, 1.82) is 0 Å². The Morgan fingerprint density at radius 3 is 2.47 bits per heavy atom. The van der Waals surface area contributed by atoms with Gasteiger partial charge in [-0.3, -0.25) is 4.90 Å². The van der Waals surface area contributed by atoms with Crippen LogP contribution in [0.25, 0.3) is 0 Å². The maximum absolute atomic E-state index is 3.49. The van der Waals surface area contributed by atoms with Gasteiger partial charge in [-0.15, -0.1) is 0 Å². The van der Waals surface area contributed by atoms with Crippen LogP contribution in [0.15, 0.2) is 0 Å². The van der Waals surface area contributed by atoms with Crippen molar-refractivity contribution in [2.24, 2.45) is 11.8 Å². The zero-order valence-corrected chi connectivity index (χ0v) is 11.9. The van der Waals surface area contributed by atoms with Crippen molar-refractivity contribution in [3.8, 4) is 0 Å². The number of rotatable bonds is 3. The summed E-state index contributed by atoms with van der Waals surface area (Å²) in [4.78, 5) is 2.68. The number of hydrogen-bond acceptors (Lipinski definition) is 2. The summed E-state index contributed by atoms with van der Waals surface area (Å²) in [5, 5.41) is 3.49. The van der Waals surface area contributed by atoms with E-state index in [4.69, 9.17) is 0 Å². The molecule has 1 aliphatic heterocycles. The molecule has 0 radical (unpaired) electrons. The Bertz CT molecular complexity index is 221. The average molecular weight is 238 g/mol. The zero-order chi connectivity index (χ0) is 12.3. The van der Waals surface area contributed by atoms with Crippen LogP contribution in [0.4, 0.5) is 0 Å². The lowest BCUT2D eigenvalue weighted by atomic mass is 9.89. The number of likely N-dealkylation sites (N-methyl/N-ethyl adjacent to an activating group) is 1. The van der Waals surface area contributed by atoms with Gasteiger partial charge in [0.25, 0.3) is 0 Å². The third-order valence-electron chi connectivity index (χ3n) is 5.11. The zero-order valence-electron chi connectivity index (χ0n) is 11.9. The molecule has 1 N–H and O–H groups in total. The van der Waals surface area contributed by atoms with Crippen molar-refractivity contribution in [1.82, 2.24) is 10.2 Å². The molecule has 2 fully saturated rings. The fourth-order valence-electron chi connectivity index (χ4n) is 3.67. The van der Waals surface area contributed by atoms with Gasteiger partial charge in [0.2, 0.25) is 0 Å². The van der Waals surface area contributed by atoms with Gasteiger partial charge in [0.1, 0.15) is 0 Å². The lowest BCUT2D eigenvalue weighted by Gasteiger charge is -2.32. The Labute approximate surface area is 107 Å². The fraction of sp³-hybridized carbons (Fsp3) is 1.00. The molecule has 0 spiro atoms. The molecule has 2 aliphatic rings. The van der Waals surface area contributed by atoms with Gasteiger partial charge in [-0.25, -0.2) is 0 Å². The van der Waals surface area contributed by atoms with Crippen molar-refractivity contribution in [3.63, 3.8) is 0 Å². The largest absolute Gasteiger partial charge is 0.315 e. The summed E-state index contributed by atoms with van der Waals surface area (Å²) in [6.45, 7) is 7.22. The molecule has 2 heteroatoms. The van der Waals surface area contributed by atoms with Crippen LogP contribution < -0.4 is 5.32 Å². The Kier molecular flexibility index (Phi) is 4.87. The molecule has 3 unspecified atom stereocenters. The second-order valence-electron chi connectivity index (χ2n) is 6.48. The van der Waals surface area contributed by atoms with Crippen LogP contribution >= 0.6 is 0 Å². The van der Waals surface area contributed by atoms with E-state index >= 15 is 0 Å². The smallest absolute Gasteiger partial charge is 0.0232 e. The molecule has 2 nitrogen and oxygen atoms in total. The summed E-state index contributed by atoms with van der Waals surface area (Å²) in [5.74, 6) is 1.86. The van der Waals surface area contributed by atoms with Crippen molar-refractivity contribution >= 4 is 0 Å². The van der Waals surface area contributed by atoms with Gasteiger partial charge in [-0.1, -0.05) is 26.7 Å². The highest BCUT2D eigenvalue weighted by Gasteiger charge is 2.28. The molecule has 1 heterocycles. The first-order chi connectivity index (χ1) is 8.18. The van der Waals surface area contributed by atoms with E-state index in [1.807, 2.05) is 0 Å². The van der Waals surface area contributed by atoms with Gasteiger partial charge in [0, 0.05) is 18.6 Å². The second-order valence-corrected chi connectivity index (χ2v) is 6.48. The van der Waals surface area contributed by atoms with Crippen molar-refractivity contribution in [3.05, 3.63) is 0 Å². The van der Waals surface area contributed by atoms with Crippen LogP contribution in [0.2, 0.25) is 0 Å². The summed E-state index contributed by atoms with van der Waals surface area (Å²) >= 11 is 0. The van der Waals surface area contributed by atoms with Gasteiger partial charge in [-0.05, 0) is 51.1 Å². The van der Waals surface area contributed by atoms with Crippen LogP contribution in [-0.2, 0) is 0 Å². The maximum atomic E-state index is 3.49. The van der Waals surface area contributed by atoms with E-state index in [0.717, 1.165) is 23.9 Å². The first-order valence-electron chi connectivity index (χ1n) is 7.61. The maximum Gasteiger partial charge on any atom is 0.0232 e. The van der Waals surface area contributed by atoms with Crippen LogP contribution in [0.1, 0.15) is 52.4 Å². The topological polar surface area (TPSA) is 15.3 Å². The minimum atomic E-state index is 0.801. The second kappa shape index (κ2) is 6.19. The van der Waals surface area contributed by atoms with Crippen molar-refractivity contribution < 1.29 is 0 Å². The predicted octanol–water partition coefficient (Wildman–Crippen LogP) is 2.89. The molecule has 0 aromatic rings. The van der Waals surface area contributed by atoms with E-state index in [9.17, 15) is 0 Å². The summed E-state index contributed by atoms with van der Waals surface area (Å²) in [6, 6.07) is 1.65. The molecular weight excluding hydrogens is 208 g/mol. The predicted molar refractivity (Wildman–Crippen MR) is 74.2 cm³/mol. The molecule has 1 saturated heterocycles. The summed E-state index contributed by atoms with van der Waals surface area (Å²) in [6.07, 6.45) is 8.56. The molecular formula is C15H30N2. The molecule has 2 rings (SSSR count). The molecule has 0 aromatic carbocycles. The van der Waals surface area contributed by atoms with Crippen LogP contribution in [0.3, 0.4) is 0 Å². The molecule has 0 amide bonds. The van der Waals surface area contributed by atoms with Gasteiger partial charge >= 0.3 is 0 Å². The third kappa shape index (κ3) is 3.45. The van der Waals surface area contributed by atoms with E-state index in [0.29, 0.717) is 0 Å². The molecule has 3 atom stereocenters. The SMILES string of the molecule is CC(C)C1CCCC(N(C)C2CCNC2)CC1. The van der Waals surface area contributed by atoms with E-state index in [1.54, 1.807) is 0 Å².